The van der Waals surface area contributed by atoms with Crippen molar-refractivity contribution in [3.63, 3.8) is 0 Å². The van der Waals surface area contributed by atoms with Gasteiger partial charge in [0.25, 0.3) is 5.91 Å². The van der Waals surface area contributed by atoms with E-state index in [1.165, 1.54) is 6.92 Å². The molecule has 0 radical (unpaired) electrons. The van der Waals surface area contributed by atoms with Crippen molar-refractivity contribution in [3.05, 3.63) is 47.5 Å². The number of halogens is 4. The van der Waals surface area contributed by atoms with Gasteiger partial charge in [-0.05, 0) is 31.2 Å². The minimum absolute atomic E-state index is 0.0888. The first-order valence-electron chi connectivity index (χ1n) is 7.07. The molecule has 0 aliphatic carbocycles. The van der Waals surface area contributed by atoms with E-state index in [1.54, 1.807) is 0 Å². The molecular formula is C15H13F4N3O3. The third kappa shape index (κ3) is 3.95. The molecule has 10 heteroatoms. The van der Waals surface area contributed by atoms with E-state index in [-0.39, 0.29) is 12.2 Å². The third-order valence-corrected chi connectivity index (χ3v) is 3.33. The molecule has 0 spiro atoms. The van der Waals surface area contributed by atoms with E-state index in [0.29, 0.717) is 4.68 Å². The number of aliphatic carboxylic acids is 1. The number of hydrogen-bond donors (Lipinski definition) is 1. The quantitative estimate of drug-likeness (QED) is 0.833. The maximum absolute atomic E-state index is 13.5. The summed E-state index contributed by atoms with van der Waals surface area (Å²) in [7, 11) is 0. The summed E-state index contributed by atoms with van der Waals surface area (Å²) in [6, 6.07) is 4.09. The molecule has 1 amide bonds. The summed E-state index contributed by atoms with van der Waals surface area (Å²) in [5, 5.41) is 12.4. The fourth-order valence-corrected chi connectivity index (χ4v) is 2.22. The molecule has 0 fully saturated rings. The van der Waals surface area contributed by atoms with E-state index in [4.69, 9.17) is 5.11 Å². The highest BCUT2D eigenvalue weighted by atomic mass is 19.4. The van der Waals surface area contributed by atoms with Gasteiger partial charge < -0.3 is 10.0 Å². The molecule has 0 unspecified atom stereocenters. The molecule has 1 aromatic heterocycles. The van der Waals surface area contributed by atoms with Crippen molar-refractivity contribution in [1.82, 2.24) is 14.7 Å². The molecule has 0 aliphatic rings. The van der Waals surface area contributed by atoms with Crippen LogP contribution < -0.4 is 0 Å². The van der Waals surface area contributed by atoms with Gasteiger partial charge in [-0.15, -0.1) is 0 Å². The van der Waals surface area contributed by atoms with Crippen LogP contribution in [0.2, 0.25) is 0 Å². The summed E-state index contributed by atoms with van der Waals surface area (Å²) in [5.41, 5.74) is -2.22. The van der Waals surface area contributed by atoms with Crippen LogP contribution in [0.1, 0.15) is 23.0 Å². The molecule has 25 heavy (non-hydrogen) atoms. The van der Waals surface area contributed by atoms with E-state index in [9.17, 15) is 27.2 Å². The van der Waals surface area contributed by atoms with Crippen LogP contribution in [0.3, 0.4) is 0 Å². The predicted molar refractivity (Wildman–Crippen MR) is 77.7 cm³/mol. The van der Waals surface area contributed by atoms with Crippen LogP contribution in [-0.2, 0) is 11.0 Å². The zero-order valence-electron chi connectivity index (χ0n) is 12.9. The van der Waals surface area contributed by atoms with Crippen molar-refractivity contribution < 1.29 is 32.3 Å². The molecule has 1 aromatic carbocycles. The molecule has 0 atom stereocenters. The van der Waals surface area contributed by atoms with E-state index in [2.05, 4.69) is 5.10 Å². The van der Waals surface area contributed by atoms with Gasteiger partial charge >= 0.3 is 12.1 Å². The Hall–Kier alpha value is -2.91. The van der Waals surface area contributed by atoms with Gasteiger partial charge in [-0.3, -0.25) is 9.59 Å². The average Bonchev–Trinajstić information content (AvgIpc) is 2.97. The Labute approximate surface area is 139 Å². The van der Waals surface area contributed by atoms with E-state index in [1.807, 2.05) is 0 Å². The summed E-state index contributed by atoms with van der Waals surface area (Å²) >= 11 is 0. The molecule has 6 nitrogen and oxygen atoms in total. The minimum Gasteiger partial charge on any atom is -0.480 e. The van der Waals surface area contributed by atoms with E-state index in [0.717, 1.165) is 35.4 Å². The number of amides is 1. The minimum atomic E-state index is -4.93. The largest absolute Gasteiger partial charge is 0.480 e. The summed E-state index contributed by atoms with van der Waals surface area (Å²) in [6.07, 6.45) is -4.21. The van der Waals surface area contributed by atoms with Gasteiger partial charge in [0.1, 0.15) is 12.4 Å². The summed E-state index contributed by atoms with van der Waals surface area (Å²) < 4.78 is 53.9. The molecule has 0 saturated carbocycles. The van der Waals surface area contributed by atoms with Crippen LogP contribution in [-0.4, -0.2) is 44.8 Å². The lowest BCUT2D eigenvalue weighted by atomic mass is 10.2. The van der Waals surface area contributed by atoms with Crippen molar-refractivity contribution in [3.8, 4) is 5.69 Å². The Morgan fingerprint density at radius 3 is 2.32 bits per heavy atom. The van der Waals surface area contributed by atoms with E-state index < -0.39 is 41.7 Å². The molecule has 2 aromatic rings. The lowest BCUT2D eigenvalue weighted by Crippen LogP contribution is -2.36. The van der Waals surface area contributed by atoms with Gasteiger partial charge in [0.15, 0.2) is 5.69 Å². The zero-order chi connectivity index (χ0) is 18.8. The normalized spacial score (nSPS) is 11.4. The van der Waals surface area contributed by atoms with Gasteiger partial charge in [-0.2, -0.15) is 18.3 Å². The Bertz CT molecular complexity index is 784. The molecule has 0 aliphatic heterocycles. The standard InChI is InChI=1S/C15H13F4N3O3/c1-2-21(8-12(23)24)14(25)11-7-20-22(13(11)15(17,18)19)10-5-3-9(16)4-6-10/h3-7H,2,8H2,1H3,(H,23,24). The second kappa shape index (κ2) is 6.91. The topological polar surface area (TPSA) is 75.4 Å². The van der Waals surface area contributed by atoms with Gasteiger partial charge in [0.2, 0.25) is 0 Å². The van der Waals surface area contributed by atoms with Gasteiger partial charge in [-0.1, -0.05) is 0 Å². The number of carboxylic acids is 1. The molecule has 134 valence electrons. The van der Waals surface area contributed by atoms with Crippen molar-refractivity contribution >= 4 is 11.9 Å². The fourth-order valence-electron chi connectivity index (χ4n) is 2.22. The number of carboxylic acid groups (broad SMARTS) is 1. The van der Waals surface area contributed by atoms with Crippen LogP contribution in [0.4, 0.5) is 17.6 Å². The van der Waals surface area contributed by atoms with Gasteiger partial charge in [-0.25, -0.2) is 9.07 Å². The van der Waals surface area contributed by atoms with Crippen molar-refractivity contribution in [2.45, 2.75) is 13.1 Å². The summed E-state index contributed by atoms with van der Waals surface area (Å²) in [5.74, 6) is -3.10. The molecule has 1 heterocycles. The number of nitrogens with zero attached hydrogens (tertiary/aromatic N) is 3. The number of carbonyl (C=O) groups is 2. The van der Waals surface area contributed by atoms with Crippen molar-refractivity contribution in [1.29, 1.82) is 0 Å². The van der Waals surface area contributed by atoms with Crippen molar-refractivity contribution in [2.24, 2.45) is 0 Å². The lowest BCUT2D eigenvalue weighted by molar-refractivity contribution is -0.143. The first kappa shape index (κ1) is 18.4. The zero-order valence-corrected chi connectivity index (χ0v) is 12.9. The van der Waals surface area contributed by atoms with Crippen LogP contribution in [0.25, 0.3) is 5.69 Å². The highest BCUT2D eigenvalue weighted by Crippen LogP contribution is 2.34. The Balaban J connectivity index is 2.54. The number of carbonyl (C=O) groups excluding carboxylic acids is 1. The average molecular weight is 359 g/mol. The maximum Gasteiger partial charge on any atom is 0.434 e. The van der Waals surface area contributed by atoms with Crippen LogP contribution >= 0.6 is 0 Å². The van der Waals surface area contributed by atoms with Crippen molar-refractivity contribution in [2.75, 3.05) is 13.1 Å². The SMILES string of the molecule is CCN(CC(=O)O)C(=O)c1cnn(-c2ccc(F)cc2)c1C(F)(F)F. The Morgan fingerprint density at radius 2 is 1.84 bits per heavy atom. The number of alkyl halides is 3. The summed E-state index contributed by atoms with van der Waals surface area (Å²) in [4.78, 5) is 23.9. The van der Waals surface area contributed by atoms with Crippen LogP contribution in [0, 0.1) is 5.82 Å². The van der Waals surface area contributed by atoms with Gasteiger partial charge in [0, 0.05) is 6.54 Å². The number of aromatic nitrogens is 2. The lowest BCUT2D eigenvalue weighted by Gasteiger charge is -2.19. The molecular weight excluding hydrogens is 346 g/mol. The molecule has 0 bridgehead atoms. The van der Waals surface area contributed by atoms with E-state index >= 15 is 0 Å². The number of likely N-dealkylation sites (N-methyl/N-ethyl adjacent to an activating group) is 1. The van der Waals surface area contributed by atoms with Crippen LogP contribution in [0.15, 0.2) is 30.5 Å². The highest BCUT2D eigenvalue weighted by Gasteiger charge is 2.41. The van der Waals surface area contributed by atoms with Gasteiger partial charge in [0.05, 0.1) is 17.4 Å². The van der Waals surface area contributed by atoms with Crippen LogP contribution in [0.5, 0.6) is 0 Å². The number of benzene rings is 1. The monoisotopic (exact) mass is 359 g/mol. The Morgan fingerprint density at radius 1 is 1.24 bits per heavy atom. The predicted octanol–water partition coefficient (Wildman–Crippen LogP) is 2.58. The second-order valence-corrected chi connectivity index (χ2v) is 5.01. The second-order valence-electron chi connectivity index (χ2n) is 5.01. The Kier molecular flexibility index (Phi) is 5.10. The molecule has 0 saturated heterocycles. The smallest absolute Gasteiger partial charge is 0.434 e. The third-order valence-electron chi connectivity index (χ3n) is 3.33. The maximum atomic E-state index is 13.5. The number of rotatable bonds is 5. The number of hydrogen-bond acceptors (Lipinski definition) is 3. The first-order valence-corrected chi connectivity index (χ1v) is 7.07. The molecule has 1 N–H and O–H groups in total. The summed E-state index contributed by atoms with van der Waals surface area (Å²) in [6.45, 7) is 0.608. The molecule has 2 rings (SSSR count). The highest BCUT2D eigenvalue weighted by molar-refractivity contribution is 5.97. The fraction of sp³-hybridized carbons (Fsp3) is 0.267. The first-order chi connectivity index (χ1) is 11.6.